The standard InChI is InChI=1S/C17H16N4O2S3/c1-10-13(26-16(20-10)12-3-2-6-24-12)8-19-14(22)7-11-9-25-17-18-5-4-15(23)21(11)17/h2-6,11H,7-9H2,1H3,(H,19,22). The van der Waals surface area contributed by atoms with Crippen LogP contribution in [0.15, 0.2) is 39.7 Å². The largest absolute Gasteiger partial charge is 0.351 e. The molecule has 1 unspecified atom stereocenters. The van der Waals surface area contributed by atoms with Crippen LogP contribution in [-0.4, -0.2) is 26.2 Å². The van der Waals surface area contributed by atoms with Crippen LogP contribution in [0.5, 0.6) is 0 Å². The summed E-state index contributed by atoms with van der Waals surface area (Å²) in [5, 5.41) is 6.67. The topological polar surface area (TPSA) is 76.9 Å². The highest BCUT2D eigenvalue weighted by Gasteiger charge is 2.26. The van der Waals surface area contributed by atoms with E-state index >= 15 is 0 Å². The van der Waals surface area contributed by atoms with E-state index in [9.17, 15) is 9.59 Å². The Morgan fingerprint density at radius 3 is 3.12 bits per heavy atom. The number of nitrogens with zero attached hydrogens (tertiary/aromatic N) is 3. The molecule has 0 spiro atoms. The third-order valence-electron chi connectivity index (χ3n) is 4.11. The van der Waals surface area contributed by atoms with E-state index in [0.717, 1.165) is 20.5 Å². The first kappa shape index (κ1) is 17.4. The van der Waals surface area contributed by atoms with E-state index in [1.54, 1.807) is 27.2 Å². The molecule has 4 rings (SSSR count). The van der Waals surface area contributed by atoms with Gasteiger partial charge in [0.05, 0.1) is 23.2 Å². The Kier molecular flexibility index (Phi) is 4.92. The van der Waals surface area contributed by atoms with Crippen molar-refractivity contribution in [3.8, 4) is 9.88 Å². The fourth-order valence-electron chi connectivity index (χ4n) is 2.80. The van der Waals surface area contributed by atoms with Crippen LogP contribution in [0.3, 0.4) is 0 Å². The number of aromatic nitrogens is 3. The van der Waals surface area contributed by atoms with Crippen molar-refractivity contribution in [1.82, 2.24) is 19.9 Å². The normalized spacial score (nSPS) is 15.8. The second-order valence-electron chi connectivity index (χ2n) is 5.89. The van der Waals surface area contributed by atoms with E-state index in [1.807, 2.05) is 24.4 Å². The lowest BCUT2D eigenvalue weighted by Crippen LogP contribution is -2.30. The molecule has 134 valence electrons. The molecule has 1 N–H and O–H groups in total. The Bertz CT molecular complexity index is 994. The van der Waals surface area contributed by atoms with Gasteiger partial charge in [-0.1, -0.05) is 17.8 Å². The first-order chi connectivity index (χ1) is 12.6. The van der Waals surface area contributed by atoms with Crippen LogP contribution < -0.4 is 10.9 Å². The number of hydrogen-bond donors (Lipinski definition) is 1. The molecule has 1 aliphatic heterocycles. The molecule has 0 saturated carbocycles. The number of thioether (sulfide) groups is 1. The predicted molar refractivity (Wildman–Crippen MR) is 105 cm³/mol. The van der Waals surface area contributed by atoms with Crippen molar-refractivity contribution >= 4 is 40.3 Å². The monoisotopic (exact) mass is 404 g/mol. The Hall–Kier alpha value is -1.97. The average Bonchev–Trinajstić information content (AvgIpc) is 3.34. The van der Waals surface area contributed by atoms with E-state index in [4.69, 9.17) is 0 Å². The summed E-state index contributed by atoms with van der Waals surface area (Å²) in [6, 6.07) is 5.35. The molecule has 1 atom stereocenters. The highest BCUT2D eigenvalue weighted by Crippen LogP contribution is 2.32. The van der Waals surface area contributed by atoms with Crippen molar-refractivity contribution in [3.63, 3.8) is 0 Å². The zero-order valence-electron chi connectivity index (χ0n) is 14.0. The van der Waals surface area contributed by atoms with E-state index in [-0.39, 0.29) is 23.9 Å². The van der Waals surface area contributed by atoms with Gasteiger partial charge < -0.3 is 5.32 Å². The Morgan fingerprint density at radius 1 is 1.42 bits per heavy atom. The molecule has 6 nitrogen and oxygen atoms in total. The summed E-state index contributed by atoms with van der Waals surface area (Å²) in [5.74, 6) is 0.631. The Balaban J connectivity index is 1.39. The number of amides is 1. The Labute approximate surface area is 162 Å². The molecule has 3 aromatic heterocycles. The second kappa shape index (κ2) is 7.34. The summed E-state index contributed by atoms with van der Waals surface area (Å²) in [7, 11) is 0. The first-order valence-corrected chi connectivity index (χ1v) is 10.8. The van der Waals surface area contributed by atoms with E-state index in [0.29, 0.717) is 17.5 Å². The van der Waals surface area contributed by atoms with Crippen LogP contribution in [0, 0.1) is 6.92 Å². The van der Waals surface area contributed by atoms with Crippen molar-refractivity contribution in [3.05, 3.63) is 50.7 Å². The number of thiazole rings is 1. The molecular formula is C17H16N4O2S3. The molecule has 4 heterocycles. The van der Waals surface area contributed by atoms with Gasteiger partial charge in [-0.05, 0) is 18.4 Å². The number of carbonyl (C=O) groups is 1. The quantitative estimate of drug-likeness (QED) is 0.661. The number of aryl methyl sites for hydroxylation is 1. The van der Waals surface area contributed by atoms with Crippen LogP contribution in [0.2, 0.25) is 0 Å². The minimum atomic E-state index is -0.138. The minimum absolute atomic E-state index is 0.0651. The van der Waals surface area contributed by atoms with Gasteiger partial charge in [-0.3, -0.25) is 14.2 Å². The number of carbonyl (C=O) groups excluding carboxylic acids is 1. The van der Waals surface area contributed by atoms with E-state index in [2.05, 4.69) is 15.3 Å². The maximum absolute atomic E-state index is 12.4. The van der Waals surface area contributed by atoms with Gasteiger partial charge in [-0.2, -0.15) is 0 Å². The van der Waals surface area contributed by atoms with Crippen molar-refractivity contribution in [2.24, 2.45) is 0 Å². The van der Waals surface area contributed by atoms with Crippen LogP contribution in [0.1, 0.15) is 23.0 Å². The molecule has 0 fully saturated rings. The first-order valence-electron chi connectivity index (χ1n) is 8.09. The molecular weight excluding hydrogens is 388 g/mol. The summed E-state index contributed by atoms with van der Waals surface area (Å²) >= 11 is 4.78. The van der Waals surface area contributed by atoms with Gasteiger partial charge in [0.2, 0.25) is 5.91 Å². The molecule has 0 aliphatic carbocycles. The molecule has 26 heavy (non-hydrogen) atoms. The zero-order valence-corrected chi connectivity index (χ0v) is 16.4. The van der Waals surface area contributed by atoms with Gasteiger partial charge in [-0.25, -0.2) is 9.97 Å². The maximum atomic E-state index is 12.4. The van der Waals surface area contributed by atoms with Gasteiger partial charge in [0.25, 0.3) is 5.56 Å². The van der Waals surface area contributed by atoms with Gasteiger partial charge in [0, 0.05) is 29.3 Å². The van der Waals surface area contributed by atoms with Crippen molar-refractivity contribution in [1.29, 1.82) is 0 Å². The highest BCUT2D eigenvalue weighted by molar-refractivity contribution is 7.99. The van der Waals surface area contributed by atoms with Gasteiger partial charge in [0.15, 0.2) is 5.16 Å². The van der Waals surface area contributed by atoms with Crippen LogP contribution >= 0.6 is 34.4 Å². The molecule has 9 heteroatoms. The summed E-state index contributed by atoms with van der Waals surface area (Å²) in [5.41, 5.74) is 0.845. The number of nitrogens with one attached hydrogen (secondary N) is 1. The third-order valence-corrected chi connectivity index (χ3v) is 7.42. The fourth-order valence-corrected chi connectivity index (χ4v) is 5.72. The van der Waals surface area contributed by atoms with Gasteiger partial charge in [-0.15, -0.1) is 22.7 Å². The van der Waals surface area contributed by atoms with Crippen LogP contribution in [0.4, 0.5) is 0 Å². The molecule has 3 aromatic rings. The van der Waals surface area contributed by atoms with E-state index < -0.39 is 0 Å². The summed E-state index contributed by atoms with van der Waals surface area (Å²) < 4.78 is 1.62. The summed E-state index contributed by atoms with van der Waals surface area (Å²) in [6.45, 7) is 2.42. The lowest BCUT2D eigenvalue weighted by Gasteiger charge is -2.12. The predicted octanol–water partition coefficient (Wildman–Crippen LogP) is 3.09. The minimum Gasteiger partial charge on any atom is -0.351 e. The van der Waals surface area contributed by atoms with Crippen LogP contribution in [0.25, 0.3) is 9.88 Å². The lowest BCUT2D eigenvalue weighted by atomic mass is 10.2. The maximum Gasteiger partial charge on any atom is 0.254 e. The highest BCUT2D eigenvalue weighted by atomic mass is 32.2. The third kappa shape index (κ3) is 3.46. The molecule has 0 radical (unpaired) electrons. The second-order valence-corrected chi connectivity index (χ2v) is 8.90. The van der Waals surface area contributed by atoms with Gasteiger partial charge in [0.1, 0.15) is 5.01 Å². The zero-order chi connectivity index (χ0) is 18.1. The number of fused-ring (bicyclic) bond motifs is 1. The van der Waals surface area contributed by atoms with Crippen molar-refractivity contribution in [2.75, 3.05) is 5.75 Å². The summed E-state index contributed by atoms with van der Waals surface area (Å²) in [6.07, 6.45) is 1.79. The Morgan fingerprint density at radius 2 is 2.31 bits per heavy atom. The number of thiophene rings is 1. The van der Waals surface area contributed by atoms with Gasteiger partial charge >= 0.3 is 0 Å². The molecule has 0 bridgehead atoms. The SMILES string of the molecule is Cc1nc(-c2cccs2)sc1CNC(=O)CC1CSc2nccc(=O)n21. The molecule has 1 aliphatic rings. The van der Waals surface area contributed by atoms with Crippen molar-refractivity contribution < 1.29 is 4.79 Å². The molecule has 0 aromatic carbocycles. The molecule has 1 amide bonds. The number of hydrogen-bond acceptors (Lipinski definition) is 7. The lowest BCUT2D eigenvalue weighted by molar-refractivity contribution is -0.121. The smallest absolute Gasteiger partial charge is 0.254 e. The summed E-state index contributed by atoms with van der Waals surface area (Å²) in [4.78, 5) is 35.4. The van der Waals surface area contributed by atoms with Crippen molar-refractivity contribution in [2.45, 2.75) is 31.1 Å². The van der Waals surface area contributed by atoms with Crippen LogP contribution in [-0.2, 0) is 11.3 Å². The fraction of sp³-hybridized carbons (Fsp3) is 0.294. The van der Waals surface area contributed by atoms with E-state index in [1.165, 1.54) is 24.0 Å². The average molecular weight is 405 g/mol. The number of rotatable bonds is 5. The molecule has 0 saturated heterocycles.